The average Bonchev–Trinajstić information content (AvgIpc) is 2.18. The lowest BCUT2D eigenvalue weighted by Gasteiger charge is -2.35. The SMILES string of the molecule is CCCCC(CC)C(N)(CC)CC.I. The van der Waals surface area contributed by atoms with E-state index in [0.29, 0.717) is 0 Å². The van der Waals surface area contributed by atoms with Gasteiger partial charge in [0.15, 0.2) is 0 Å². The Labute approximate surface area is 107 Å². The van der Waals surface area contributed by atoms with Gasteiger partial charge in [0.25, 0.3) is 0 Å². The van der Waals surface area contributed by atoms with E-state index < -0.39 is 0 Å². The topological polar surface area (TPSA) is 26.0 Å². The summed E-state index contributed by atoms with van der Waals surface area (Å²) in [5.41, 5.74) is 6.49. The zero-order valence-electron chi connectivity index (χ0n) is 10.3. The molecule has 0 aromatic rings. The second-order valence-corrected chi connectivity index (χ2v) is 4.19. The highest BCUT2D eigenvalue weighted by molar-refractivity contribution is 14.0. The van der Waals surface area contributed by atoms with Crippen molar-refractivity contribution in [2.24, 2.45) is 11.7 Å². The van der Waals surface area contributed by atoms with Gasteiger partial charge in [-0.3, -0.25) is 0 Å². The van der Waals surface area contributed by atoms with Crippen LogP contribution in [0.3, 0.4) is 0 Å². The molecule has 88 valence electrons. The van der Waals surface area contributed by atoms with E-state index in [1.165, 1.54) is 25.7 Å². The van der Waals surface area contributed by atoms with Crippen molar-refractivity contribution in [1.82, 2.24) is 0 Å². The van der Waals surface area contributed by atoms with Crippen molar-refractivity contribution in [1.29, 1.82) is 0 Å². The summed E-state index contributed by atoms with van der Waals surface area (Å²) in [6.07, 6.45) is 7.40. The normalized spacial score (nSPS) is 13.5. The van der Waals surface area contributed by atoms with Crippen LogP contribution in [-0.4, -0.2) is 5.54 Å². The van der Waals surface area contributed by atoms with Crippen LogP contribution in [0.15, 0.2) is 0 Å². The van der Waals surface area contributed by atoms with Gasteiger partial charge in [0.1, 0.15) is 0 Å². The zero-order chi connectivity index (χ0) is 10.3. The summed E-state index contributed by atoms with van der Waals surface area (Å²) in [5, 5.41) is 0. The average molecular weight is 313 g/mol. The second kappa shape index (κ2) is 8.96. The third-order valence-electron chi connectivity index (χ3n) is 3.53. The lowest BCUT2D eigenvalue weighted by atomic mass is 9.76. The Balaban J connectivity index is 0. The molecule has 1 atom stereocenters. The molecule has 0 radical (unpaired) electrons. The van der Waals surface area contributed by atoms with Crippen molar-refractivity contribution >= 4 is 24.0 Å². The zero-order valence-corrected chi connectivity index (χ0v) is 12.6. The molecule has 0 amide bonds. The van der Waals surface area contributed by atoms with Gasteiger partial charge in [-0.2, -0.15) is 0 Å². The van der Waals surface area contributed by atoms with E-state index in [1.54, 1.807) is 0 Å². The van der Waals surface area contributed by atoms with E-state index in [9.17, 15) is 0 Å². The molecule has 0 saturated heterocycles. The Bertz CT molecular complexity index is 121. The molecule has 0 rings (SSSR count). The predicted octanol–water partition coefficient (Wildman–Crippen LogP) is 4.34. The molecule has 0 aliphatic rings. The van der Waals surface area contributed by atoms with Crippen molar-refractivity contribution < 1.29 is 0 Å². The van der Waals surface area contributed by atoms with Crippen LogP contribution in [0.5, 0.6) is 0 Å². The monoisotopic (exact) mass is 313 g/mol. The number of nitrogens with two attached hydrogens (primary N) is 1. The Kier molecular flexibility index (Phi) is 10.9. The van der Waals surface area contributed by atoms with Crippen molar-refractivity contribution in [3.63, 3.8) is 0 Å². The molecule has 0 spiro atoms. The summed E-state index contributed by atoms with van der Waals surface area (Å²) in [7, 11) is 0. The van der Waals surface area contributed by atoms with Gasteiger partial charge in [-0.1, -0.05) is 47.0 Å². The van der Waals surface area contributed by atoms with Crippen LogP contribution >= 0.6 is 24.0 Å². The third-order valence-corrected chi connectivity index (χ3v) is 3.53. The van der Waals surface area contributed by atoms with Crippen LogP contribution in [0.4, 0.5) is 0 Å². The van der Waals surface area contributed by atoms with Crippen molar-refractivity contribution in [3.8, 4) is 0 Å². The molecule has 0 aromatic carbocycles. The summed E-state index contributed by atoms with van der Waals surface area (Å²) < 4.78 is 0. The predicted molar refractivity (Wildman–Crippen MR) is 76.2 cm³/mol. The fraction of sp³-hybridized carbons (Fsp3) is 1.00. The summed E-state index contributed by atoms with van der Waals surface area (Å²) in [6.45, 7) is 8.96. The first kappa shape index (κ1) is 17.1. The highest BCUT2D eigenvalue weighted by Crippen LogP contribution is 2.29. The van der Waals surface area contributed by atoms with Gasteiger partial charge in [0.2, 0.25) is 0 Å². The van der Waals surface area contributed by atoms with Gasteiger partial charge in [-0.05, 0) is 25.2 Å². The van der Waals surface area contributed by atoms with Crippen LogP contribution in [0.1, 0.15) is 66.2 Å². The molecule has 0 bridgehead atoms. The smallest absolute Gasteiger partial charge is 0.0177 e. The van der Waals surface area contributed by atoms with Crippen molar-refractivity contribution in [3.05, 3.63) is 0 Å². The molecule has 0 aliphatic carbocycles. The Morgan fingerprint density at radius 2 is 1.57 bits per heavy atom. The molecule has 0 saturated carbocycles. The number of hydrogen-bond acceptors (Lipinski definition) is 1. The lowest BCUT2D eigenvalue weighted by molar-refractivity contribution is 0.226. The maximum absolute atomic E-state index is 6.39. The minimum absolute atomic E-state index is 0. The maximum atomic E-state index is 6.39. The molecular formula is C12H28IN. The van der Waals surface area contributed by atoms with E-state index >= 15 is 0 Å². The molecule has 0 heterocycles. The highest BCUT2D eigenvalue weighted by atomic mass is 127. The summed E-state index contributed by atoms with van der Waals surface area (Å²) in [4.78, 5) is 0. The van der Waals surface area contributed by atoms with Gasteiger partial charge in [-0.15, -0.1) is 24.0 Å². The molecular weight excluding hydrogens is 285 g/mol. The van der Waals surface area contributed by atoms with Gasteiger partial charge in [-0.25, -0.2) is 0 Å². The molecule has 0 aromatic heterocycles. The van der Waals surface area contributed by atoms with E-state index in [1.807, 2.05) is 0 Å². The Morgan fingerprint density at radius 3 is 1.86 bits per heavy atom. The fourth-order valence-electron chi connectivity index (χ4n) is 2.18. The van der Waals surface area contributed by atoms with E-state index in [4.69, 9.17) is 5.73 Å². The first-order chi connectivity index (χ1) is 6.14. The summed E-state index contributed by atoms with van der Waals surface area (Å²) >= 11 is 0. The maximum Gasteiger partial charge on any atom is 0.0177 e. The molecule has 2 N–H and O–H groups in total. The van der Waals surface area contributed by atoms with Crippen LogP contribution < -0.4 is 5.73 Å². The van der Waals surface area contributed by atoms with Gasteiger partial charge in [0, 0.05) is 5.54 Å². The van der Waals surface area contributed by atoms with Crippen molar-refractivity contribution in [2.75, 3.05) is 0 Å². The molecule has 1 unspecified atom stereocenters. The minimum atomic E-state index is 0. The number of hydrogen-bond donors (Lipinski definition) is 1. The Morgan fingerprint density at radius 1 is 1.07 bits per heavy atom. The quantitative estimate of drug-likeness (QED) is 0.695. The van der Waals surface area contributed by atoms with Gasteiger partial charge >= 0.3 is 0 Å². The first-order valence-corrected chi connectivity index (χ1v) is 5.93. The molecule has 14 heavy (non-hydrogen) atoms. The van der Waals surface area contributed by atoms with Crippen LogP contribution in [-0.2, 0) is 0 Å². The largest absolute Gasteiger partial charge is 0.325 e. The van der Waals surface area contributed by atoms with E-state index in [0.717, 1.165) is 18.8 Å². The van der Waals surface area contributed by atoms with Crippen molar-refractivity contribution in [2.45, 2.75) is 71.8 Å². The molecule has 0 fully saturated rings. The molecule has 2 heteroatoms. The van der Waals surface area contributed by atoms with Crippen LogP contribution in [0, 0.1) is 5.92 Å². The standard InChI is InChI=1S/C12H27N.HI/c1-5-9-10-11(6-2)12(13,7-3)8-4;/h11H,5-10,13H2,1-4H3;1H. The fourth-order valence-corrected chi connectivity index (χ4v) is 2.18. The first-order valence-electron chi connectivity index (χ1n) is 5.93. The van der Waals surface area contributed by atoms with Crippen LogP contribution in [0.25, 0.3) is 0 Å². The lowest BCUT2D eigenvalue weighted by Crippen LogP contribution is -2.45. The molecule has 1 nitrogen and oxygen atoms in total. The Hall–Kier alpha value is 0.690. The summed E-state index contributed by atoms with van der Waals surface area (Å²) in [6, 6.07) is 0. The van der Waals surface area contributed by atoms with Crippen LogP contribution in [0.2, 0.25) is 0 Å². The minimum Gasteiger partial charge on any atom is -0.325 e. The van der Waals surface area contributed by atoms with E-state index in [-0.39, 0.29) is 29.5 Å². The van der Waals surface area contributed by atoms with E-state index in [2.05, 4.69) is 27.7 Å². The summed E-state index contributed by atoms with van der Waals surface area (Å²) in [5.74, 6) is 0.724. The number of halogens is 1. The second-order valence-electron chi connectivity index (χ2n) is 4.19. The molecule has 0 aliphatic heterocycles. The highest BCUT2D eigenvalue weighted by Gasteiger charge is 2.29. The third kappa shape index (κ3) is 4.96. The van der Waals surface area contributed by atoms with Gasteiger partial charge < -0.3 is 5.73 Å². The number of unbranched alkanes of at least 4 members (excludes halogenated alkanes) is 1. The number of rotatable bonds is 7. The van der Waals surface area contributed by atoms with Gasteiger partial charge in [0.05, 0.1) is 0 Å².